The van der Waals surface area contributed by atoms with Gasteiger partial charge in [-0.1, -0.05) is 17.2 Å². The van der Waals surface area contributed by atoms with Crippen molar-refractivity contribution in [3.63, 3.8) is 0 Å². The summed E-state index contributed by atoms with van der Waals surface area (Å²) in [7, 11) is 0. The third-order valence-electron chi connectivity index (χ3n) is 7.00. The Kier molecular flexibility index (Phi) is 3.73. The van der Waals surface area contributed by atoms with E-state index in [0.29, 0.717) is 30.0 Å². The van der Waals surface area contributed by atoms with Crippen LogP contribution in [0.25, 0.3) is 0 Å². The molecule has 4 aliphatic rings. The van der Waals surface area contributed by atoms with Crippen molar-refractivity contribution in [3.05, 3.63) is 23.3 Å². The summed E-state index contributed by atoms with van der Waals surface area (Å²) in [6.07, 6.45) is 12.0. The molecule has 0 aromatic heterocycles. The molecule has 2 heteroatoms. The maximum Gasteiger partial charge on any atom is 0.155 e. The lowest BCUT2D eigenvalue weighted by Crippen LogP contribution is -2.44. The Labute approximate surface area is 139 Å². The van der Waals surface area contributed by atoms with Gasteiger partial charge in [0.1, 0.15) is 0 Å². The molecule has 4 aliphatic carbocycles. The van der Waals surface area contributed by atoms with E-state index >= 15 is 0 Å². The Balaban J connectivity index is 1.70. The van der Waals surface area contributed by atoms with Crippen molar-refractivity contribution in [2.75, 3.05) is 0 Å². The van der Waals surface area contributed by atoms with Gasteiger partial charge in [-0.2, -0.15) is 0 Å². The first kappa shape index (κ1) is 15.2. The van der Waals surface area contributed by atoms with Crippen LogP contribution in [-0.2, 0) is 4.79 Å². The molecule has 0 spiro atoms. The molecule has 122 valence electrons. The molecule has 0 aromatic carbocycles. The van der Waals surface area contributed by atoms with Crippen LogP contribution in [0, 0.1) is 35.0 Å². The van der Waals surface area contributed by atoms with Crippen molar-refractivity contribution >= 4 is 5.78 Å². The fraction of sp³-hybridized carbons (Fsp3) is 0.667. The van der Waals surface area contributed by atoms with Gasteiger partial charge in [0.05, 0.1) is 6.10 Å². The van der Waals surface area contributed by atoms with E-state index in [1.54, 1.807) is 5.57 Å². The second-order valence-corrected chi connectivity index (χ2v) is 7.87. The van der Waals surface area contributed by atoms with E-state index in [9.17, 15) is 9.90 Å². The van der Waals surface area contributed by atoms with Gasteiger partial charge in [-0.3, -0.25) is 4.79 Å². The van der Waals surface area contributed by atoms with Crippen LogP contribution >= 0.6 is 0 Å². The summed E-state index contributed by atoms with van der Waals surface area (Å²) in [5.41, 5.74) is 2.96. The molecule has 2 nitrogen and oxygen atoms in total. The van der Waals surface area contributed by atoms with Gasteiger partial charge in [-0.15, -0.1) is 11.8 Å². The van der Waals surface area contributed by atoms with Crippen molar-refractivity contribution < 1.29 is 9.90 Å². The predicted molar refractivity (Wildman–Crippen MR) is 90.5 cm³/mol. The predicted octanol–water partition coefficient (Wildman–Crippen LogP) is 3.80. The minimum Gasteiger partial charge on any atom is -0.392 e. The van der Waals surface area contributed by atoms with Crippen molar-refractivity contribution in [2.45, 2.75) is 64.4 Å². The van der Waals surface area contributed by atoms with Crippen LogP contribution < -0.4 is 0 Å². The fourth-order valence-electron chi connectivity index (χ4n) is 5.88. The lowest BCUT2D eigenvalue weighted by molar-refractivity contribution is -0.115. The van der Waals surface area contributed by atoms with Gasteiger partial charge in [0.15, 0.2) is 5.78 Å². The zero-order valence-electron chi connectivity index (χ0n) is 14.0. The van der Waals surface area contributed by atoms with Crippen LogP contribution in [-0.4, -0.2) is 17.0 Å². The third-order valence-corrected chi connectivity index (χ3v) is 7.00. The highest BCUT2D eigenvalue weighted by molar-refractivity contribution is 5.91. The number of carbonyl (C=O) groups excluding carboxylic acids is 1. The highest BCUT2D eigenvalue weighted by Gasteiger charge is 2.55. The highest BCUT2D eigenvalue weighted by Crippen LogP contribution is 2.60. The van der Waals surface area contributed by atoms with Gasteiger partial charge in [0.25, 0.3) is 0 Å². The fourth-order valence-corrected chi connectivity index (χ4v) is 5.88. The smallest absolute Gasteiger partial charge is 0.155 e. The van der Waals surface area contributed by atoms with Crippen LogP contribution in [0.2, 0.25) is 0 Å². The average Bonchev–Trinajstić information content (AvgIpc) is 2.89. The largest absolute Gasteiger partial charge is 0.392 e. The summed E-state index contributed by atoms with van der Waals surface area (Å²) in [4.78, 5) is 11.7. The third kappa shape index (κ3) is 2.24. The molecule has 0 radical (unpaired) electrons. The molecule has 2 fully saturated rings. The molecule has 0 amide bonds. The number of carbonyl (C=O) groups is 1. The lowest BCUT2D eigenvalue weighted by atomic mass is 9.55. The Morgan fingerprint density at radius 3 is 2.96 bits per heavy atom. The molecule has 0 heterocycles. The SMILES string of the molecule is CC#CC[C@]12CC=C3[C@H]4CCC(=O)C=C4CC[C@H]3[C@@H]1CC[C@@H]2O. The average molecular weight is 310 g/mol. The second-order valence-electron chi connectivity index (χ2n) is 7.87. The molecule has 0 bridgehead atoms. The molecule has 1 N–H and O–H groups in total. The minimum atomic E-state index is -0.198. The quantitative estimate of drug-likeness (QED) is 0.591. The van der Waals surface area contributed by atoms with Gasteiger partial charge < -0.3 is 5.11 Å². The van der Waals surface area contributed by atoms with Crippen LogP contribution in [0.3, 0.4) is 0 Å². The maximum atomic E-state index is 11.7. The normalized spacial score (nSPS) is 41.7. The summed E-state index contributed by atoms with van der Waals surface area (Å²) in [6.45, 7) is 1.90. The van der Waals surface area contributed by atoms with Crippen LogP contribution in [0.1, 0.15) is 58.3 Å². The first-order chi connectivity index (χ1) is 11.2. The van der Waals surface area contributed by atoms with Crippen molar-refractivity contribution in [3.8, 4) is 11.8 Å². The van der Waals surface area contributed by atoms with E-state index in [1.165, 1.54) is 5.57 Å². The van der Waals surface area contributed by atoms with E-state index in [0.717, 1.165) is 44.9 Å². The van der Waals surface area contributed by atoms with Crippen LogP contribution in [0.4, 0.5) is 0 Å². The Morgan fingerprint density at radius 1 is 1.26 bits per heavy atom. The number of rotatable bonds is 1. The Hall–Kier alpha value is -1.33. The number of aliphatic hydroxyl groups excluding tert-OH is 1. The van der Waals surface area contributed by atoms with Crippen molar-refractivity contribution in [1.82, 2.24) is 0 Å². The van der Waals surface area contributed by atoms with E-state index < -0.39 is 0 Å². The summed E-state index contributed by atoms with van der Waals surface area (Å²) < 4.78 is 0. The van der Waals surface area contributed by atoms with Gasteiger partial charge in [0, 0.05) is 24.2 Å². The number of aliphatic hydroxyl groups is 1. The number of hydrogen-bond acceptors (Lipinski definition) is 2. The number of fused-ring (bicyclic) bond motifs is 5. The topological polar surface area (TPSA) is 37.3 Å². The monoisotopic (exact) mass is 310 g/mol. The number of allylic oxidation sites excluding steroid dienone is 4. The molecular weight excluding hydrogens is 284 g/mol. The highest BCUT2D eigenvalue weighted by atomic mass is 16.3. The number of hydrogen-bond donors (Lipinski definition) is 1. The molecule has 0 aliphatic heterocycles. The lowest BCUT2D eigenvalue weighted by Gasteiger charge is -2.49. The Bertz CT molecular complexity index is 644. The molecule has 2 saturated carbocycles. The summed E-state index contributed by atoms with van der Waals surface area (Å²) >= 11 is 0. The standard InChI is InChI=1S/C21H26O2/c1-2-3-11-21-12-10-17-16-7-5-15(22)13-14(16)4-6-18(17)19(21)8-9-20(21)23/h10,13,16,18-20,23H,4-9,11-12H2,1H3/t16-,18+,19-,20-,21-/m0/s1. The Morgan fingerprint density at radius 2 is 2.13 bits per heavy atom. The molecule has 23 heavy (non-hydrogen) atoms. The molecule has 5 atom stereocenters. The number of ketones is 1. The van der Waals surface area contributed by atoms with Crippen LogP contribution in [0.15, 0.2) is 23.3 Å². The van der Waals surface area contributed by atoms with E-state index in [2.05, 4.69) is 17.9 Å². The zero-order valence-corrected chi connectivity index (χ0v) is 14.0. The summed E-state index contributed by atoms with van der Waals surface area (Å²) in [6, 6.07) is 0. The first-order valence-electron chi connectivity index (χ1n) is 9.16. The van der Waals surface area contributed by atoms with E-state index in [1.807, 2.05) is 13.0 Å². The zero-order chi connectivity index (χ0) is 16.0. The summed E-state index contributed by atoms with van der Waals surface area (Å²) in [5, 5.41) is 10.7. The molecule has 0 saturated heterocycles. The van der Waals surface area contributed by atoms with Gasteiger partial charge in [0.2, 0.25) is 0 Å². The molecule has 0 aromatic rings. The second kappa shape index (κ2) is 5.64. The maximum absolute atomic E-state index is 11.7. The first-order valence-corrected chi connectivity index (χ1v) is 9.16. The minimum absolute atomic E-state index is 0.0110. The van der Waals surface area contributed by atoms with Gasteiger partial charge in [-0.25, -0.2) is 0 Å². The van der Waals surface area contributed by atoms with Crippen LogP contribution in [0.5, 0.6) is 0 Å². The van der Waals surface area contributed by atoms with Gasteiger partial charge in [-0.05, 0) is 63.4 Å². The summed E-state index contributed by atoms with van der Waals surface area (Å²) in [5.74, 6) is 8.33. The van der Waals surface area contributed by atoms with E-state index in [-0.39, 0.29) is 11.5 Å². The van der Waals surface area contributed by atoms with Crippen molar-refractivity contribution in [1.29, 1.82) is 0 Å². The molecule has 0 unspecified atom stereocenters. The molecule has 4 rings (SSSR count). The molecular formula is C21H26O2. The van der Waals surface area contributed by atoms with E-state index in [4.69, 9.17) is 0 Å². The van der Waals surface area contributed by atoms with Crippen molar-refractivity contribution in [2.24, 2.45) is 23.2 Å². The van der Waals surface area contributed by atoms with Gasteiger partial charge >= 0.3 is 0 Å².